The van der Waals surface area contributed by atoms with E-state index < -0.39 is 16.1 Å². The quantitative estimate of drug-likeness (QED) is 0.568. The van der Waals surface area contributed by atoms with E-state index in [-0.39, 0.29) is 11.9 Å². The van der Waals surface area contributed by atoms with Gasteiger partial charge in [-0.3, -0.25) is 9.10 Å². The van der Waals surface area contributed by atoms with Gasteiger partial charge in [0.05, 0.1) is 30.7 Å². The highest BCUT2D eigenvalue weighted by molar-refractivity contribution is 7.92. The average molecular weight is 451 g/mol. The van der Waals surface area contributed by atoms with Gasteiger partial charge in [0.15, 0.2) is 0 Å². The summed E-state index contributed by atoms with van der Waals surface area (Å²) in [6.07, 6.45) is 1.68. The van der Waals surface area contributed by atoms with Crippen LogP contribution in [0.1, 0.15) is 35.3 Å². The Hall–Kier alpha value is -3.32. The average Bonchev–Trinajstić information content (AvgIpc) is 2.78. The maximum absolute atomic E-state index is 13.6. The van der Waals surface area contributed by atoms with Crippen molar-refractivity contribution in [3.8, 4) is 5.75 Å². The van der Waals surface area contributed by atoms with E-state index in [1.165, 1.54) is 10.6 Å². The van der Waals surface area contributed by atoms with E-state index in [1.54, 1.807) is 42.3 Å². The Labute approximate surface area is 189 Å². The summed E-state index contributed by atoms with van der Waals surface area (Å²) in [5.74, 6) is 0.331. The molecule has 1 aliphatic heterocycles. The molecule has 3 aromatic rings. The van der Waals surface area contributed by atoms with E-state index in [4.69, 9.17) is 4.74 Å². The molecule has 0 N–H and O–H groups in total. The second-order valence-corrected chi connectivity index (χ2v) is 9.79. The maximum Gasteiger partial charge on any atom is 0.262 e. The number of carbonyl (C=O) groups is 1. The number of nitrogens with zero attached hydrogens (tertiary/aromatic N) is 2. The number of amides is 1. The van der Waals surface area contributed by atoms with Crippen molar-refractivity contribution < 1.29 is 17.9 Å². The largest absolute Gasteiger partial charge is 0.496 e. The number of hydrogen-bond acceptors (Lipinski definition) is 4. The van der Waals surface area contributed by atoms with Crippen LogP contribution in [0.25, 0.3) is 0 Å². The predicted molar refractivity (Wildman–Crippen MR) is 127 cm³/mol. The van der Waals surface area contributed by atoms with Crippen LogP contribution in [-0.4, -0.2) is 33.7 Å². The number of ether oxygens (including phenoxy) is 1. The summed E-state index contributed by atoms with van der Waals surface area (Å²) in [4.78, 5) is 15.4. The van der Waals surface area contributed by atoms with Crippen LogP contribution in [0.5, 0.6) is 5.75 Å². The highest BCUT2D eigenvalue weighted by Gasteiger charge is 2.40. The fraction of sp³-hybridized carbons (Fsp3) is 0.240. The summed E-state index contributed by atoms with van der Waals surface area (Å²) >= 11 is 0. The lowest BCUT2D eigenvalue weighted by molar-refractivity contribution is 0.0971. The number of methoxy groups -OCH3 is 1. The van der Waals surface area contributed by atoms with Crippen molar-refractivity contribution in [1.82, 2.24) is 0 Å². The Morgan fingerprint density at radius 3 is 2.28 bits per heavy atom. The molecule has 0 fully saturated rings. The van der Waals surface area contributed by atoms with Gasteiger partial charge in [-0.2, -0.15) is 0 Å². The maximum atomic E-state index is 13.6. The van der Waals surface area contributed by atoms with Gasteiger partial charge >= 0.3 is 0 Å². The Morgan fingerprint density at radius 1 is 0.969 bits per heavy atom. The summed E-state index contributed by atoms with van der Waals surface area (Å²) in [6.45, 7) is 1.95. The minimum atomic E-state index is -3.57. The van der Waals surface area contributed by atoms with Crippen LogP contribution < -0.4 is 13.9 Å². The molecule has 1 heterocycles. The molecule has 0 unspecified atom stereocenters. The number of anilines is 2. The van der Waals surface area contributed by atoms with Gasteiger partial charge in [0, 0.05) is 11.7 Å². The van der Waals surface area contributed by atoms with Gasteiger partial charge in [-0.15, -0.1) is 0 Å². The van der Waals surface area contributed by atoms with Crippen molar-refractivity contribution in [3.63, 3.8) is 0 Å². The Kier molecular flexibility index (Phi) is 5.93. The summed E-state index contributed by atoms with van der Waals surface area (Å²) in [5, 5.41) is 0. The number of benzene rings is 3. The van der Waals surface area contributed by atoms with Crippen LogP contribution in [0.3, 0.4) is 0 Å². The van der Waals surface area contributed by atoms with Crippen molar-refractivity contribution in [2.75, 3.05) is 22.6 Å². The number of sulfonamides is 1. The predicted octanol–water partition coefficient (Wildman–Crippen LogP) is 4.64. The van der Waals surface area contributed by atoms with Crippen molar-refractivity contribution in [1.29, 1.82) is 0 Å². The van der Waals surface area contributed by atoms with Crippen LogP contribution >= 0.6 is 0 Å². The molecule has 32 heavy (non-hydrogen) atoms. The molecule has 1 amide bonds. The van der Waals surface area contributed by atoms with Crippen LogP contribution in [0, 0.1) is 0 Å². The topological polar surface area (TPSA) is 66.9 Å². The van der Waals surface area contributed by atoms with Crippen molar-refractivity contribution in [2.24, 2.45) is 0 Å². The van der Waals surface area contributed by atoms with Crippen LogP contribution in [-0.2, 0) is 10.0 Å². The van der Waals surface area contributed by atoms with Gasteiger partial charge in [-0.25, -0.2) is 8.42 Å². The molecule has 0 spiro atoms. The van der Waals surface area contributed by atoms with Crippen molar-refractivity contribution >= 4 is 27.3 Å². The molecule has 2 atom stereocenters. The van der Waals surface area contributed by atoms with Crippen LogP contribution in [0.4, 0.5) is 11.4 Å². The van der Waals surface area contributed by atoms with Gasteiger partial charge in [0.2, 0.25) is 10.0 Å². The van der Waals surface area contributed by atoms with Crippen molar-refractivity contribution in [3.05, 3.63) is 90.0 Å². The first-order valence-corrected chi connectivity index (χ1v) is 12.3. The molecule has 0 aliphatic carbocycles. The van der Waals surface area contributed by atoms with Crippen LogP contribution in [0.15, 0.2) is 78.9 Å². The van der Waals surface area contributed by atoms with E-state index in [9.17, 15) is 13.2 Å². The number of hydrogen-bond donors (Lipinski definition) is 0. The lowest BCUT2D eigenvalue weighted by Crippen LogP contribution is -2.47. The Morgan fingerprint density at radius 2 is 1.59 bits per heavy atom. The summed E-state index contributed by atoms with van der Waals surface area (Å²) < 4.78 is 32.7. The monoisotopic (exact) mass is 450 g/mol. The fourth-order valence-electron chi connectivity index (χ4n) is 4.44. The van der Waals surface area contributed by atoms with Gasteiger partial charge < -0.3 is 9.64 Å². The van der Waals surface area contributed by atoms with Crippen LogP contribution in [0.2, 0.25) is 0 Å². The normalized spacial score (nSPS) is 18.0. The first-order valence-electron chi connectivity index (χ1n) is 10.4. The molecule has 166 valence electrons. The second-order valence-electron chi connectivity index (χ2n) is 7.93. The van der Waals surface area contributed by atoms with E-state index in [0.29, 0.717) is 29.1 Å². The van der Waals surface area contributed by atoms with Gasteiger partial charge in [-0.1, -0.05) is 48.5 Å². The minimum Gasteiger partial charge on any atom is -0.496 e. The SMILES string of the molecule is COc1ccccc1C(=O)N1c2ccccc2[C@@H](N(c2ccccc2)S(C)(=O)=O)C[C@@H]1C. The summed E-state index contributed by atoms with van der Waals surface area (Å²) in [6, 6.07) is 23.1. The third-order valence-electron chi connectivity index (χ3n) is 5.77. The minimum absolute atomic E-state index is 0.175. The number of fused-ring (bicyclic) bond motifs is 1. The molecule has 0 aromatic heterocycles. The Balaban J connectivity index is 1.83. The molecule has 4 rings (SSSR count). The number of rotatable bonds is 5. The smallest absolute Gasteiger partial charge is 0.262 e. The Bertz CT molecular complexity index is 1230. The third-order valence-corrected chi connectivity index (χ3v) is 6.95. The van der Waals surface area contributed by atoms with Gasteiger partial charge in [0.25, 0.3) is 5.91 Å². The first kappa shape index (κ1) is 21.9. The molecular formula is C25H26N2O4S. The van der Waals surface area contributed by atoms with Crippen molar-refractivity contribution in [2.45, 2.75) is 25.4 Å². The zero-order chi connectivity index (χ0) is 22.9. The zero-order valence-corrected chi connectivity index (χ0v) is 19.1. The molecular weight excluding hydrogens is 424 g/mol. The molecule has 1 aliphatic rings. The molecule has 0 radical (unpaired) electrons. The van der Waals surface area contributed by atoms with E-state index in [2.05, 4.69) is 0 Å². The molecule has 0 saturated carbocycles. The zero-order valence-electron chi connectivity index (χ0n) is 18.3. The molecule has 7 heteroatoms. The summed E-state index contributed by atoms with van der Waals surface area (Å²) in [7, 11) is -2.03. The lowest BCUT2D eigenvalue weighted by Gasteiger charge is -2.43. The molecule has 0 saturated heterocycles. The van der Waals surface area contributed by atoms with Gasteiger partial charge in [0.1, 0.15) is 5.75 Å². The second kappa shape index (κ2) is 8.67. The lowest BCUT2D eigenvalue weighted by atomic mass is 9.90. The number of carbonyl (C=O) groups excluding carboxylic acids is 1. The standard InChI is InChI=1S/C25H26N2O4S/c1-18-17-23(27(32(3,29)30)19-11-5-4-6-12-19)20-13-7-9-15-22(20)26(18)25(28)21-14-8-10-16-24(21)31-2/h4-16,18,23H,17H2,1-3H3/t18-,23-/m0/s1. The molecule has 0 bridgehead atoms. The van der Waals surface area contributed by atoms with Gasteiger partial charge in [-0.05, 0) is 49.2 Å². The highest BCUT2D eigenvalue weighted by Crippen LogP contribution is 2.44. The highest BCUT2D eigenvalue weighted by atomic mass is 32.2. The molecule has 3 aromatic carbocycles. The van der Waals surface area contributed by atoms with E-state index in [1.807, 2.05) is 55.5 Å². The third kappa shape index (κ3) is 3.96. The molecule has 6 nitrogen and oxygen atoms in total. The number of para-hydroxylation sites is 3. The fourth-order valence-corrected chi connectivity index (χ4v) is 5.61. The summed E-state index contributed by atoms with van der Waals surface area (Å²) in [5.41, 5.74) is 2.57. The first-order chi connectivity index (χ1) is 15.3. The van der Waals surface area contributed by atoms with E-state index >= 15 is 0 Å². The van der Waals surface area contributed by atoms with E-state index in [0.717, 1.165) is 5.56 Å².